The Hall–Kier alpha value is -2.28. The van der Waals surface area contributed by atoms with E-state index in [1.54, 1.807) is 11.1 Å². The van der Waals surface area contributed by atoms with Crippen molar-refractivity contribution in [3.05, 3.63) is 54.1 Å². The van der Waals surface area contributed by atoms with Crippen molar-refractivity contribution in [1.82, 2.24) is 19.8 Å². The van der Waals surface area contributed by atoms with E-state index in [0.29, 0.717) is 13.0 Å². The van der Waals surface area contributed by atoms with Crippen LogP contribution in [0.4, 0.5) is 4.79 Å². The lowest BCUT2D eigenvalue weighted by molar-refractivity contribution is -0.121. The molecule has 1 aliphatic rings. The van der Waals surface area contributed by atoms with Gasteiger partial charge in [-0.3, -0.25) is 9.59 Å². The number of aromatic nitrogens is 2. The minimum absolute atomic E-state index is 0.0616. The molecule has 0 bridgehead atoms. The van der Waals surface area contributed by atoms with Gasteiger partial charge in [-0.15, -0.1) is 0 Å². The van der Waals surface area contributed by atoms with Crippen molar-refractivity contribution in [2.45, 2.75) is 12.5 Å². The molecule has 2 heterocycles. The molecule has 1 N–H and O–H groups in total. The van der Waals surface area contributed by atoms with Crippen molar-refractivity contribution in [2.75, 3.05) is 18.8 Å². The van der Waals surface area contributed by atoms with Gasteiger partial charge in [0.25, 0.3) is 5.24 Å². The van der Waals surface area contributed by atoms with Crippen LogP contribution in [-0.4, -0.2) is 44.4 Å². The summed E-state index contributed by atoms with van der Waals surface area (Å²) < 4.78 is 1.90. The number of nitrogens with one attached hydrogen (secondary N) is 1. The van der Waals surface area contributed by atoms with Gasteiger partial charge >= 0.3 is 0 Å². The molecule has 2 amide bonds. The maximum Gasteiger partial charge on any atom is 0.281 e. The van der Waals surface area contributed by atoms with Crippen LogP contribution in [0.1, 0.15) is 23.9 Å². The van der Waals surface area contributed by atoms with Crippen LogP contribution >= 0.6 is 11.8 Å². The van der Waals surface area contributed by atoms with Crippen molar-refractivity contribution in [3.63, 3.8) is 0 Å². The van der Waals surface area contributed by atoms with Gasteiger partial charge in [0.15, 0.2) is 0 Å². The first kappa shape index (κ1) is 16.6. The minimum atomic E-state index is -0.303. The third kappa shape index (κ3) is 3.79. The lowest BCUT2D eigenvalue weighted by atomic mass is 10.1. The van der Waals surface area contributed by atoms with Crippen LogP contribution in [0.15, 0.2) is 42.7 Å². The Balaban J connectivity index is 1.69. The van der Waals surface area contributed by atoms with Crippen molar-refractivity contribution in [2.24, 2.45) is 7.05 Å². The normalized spacial score (nSPS) is 15.5. The maximum absolute atomic E-state index is 12.4. The van der Waals surface area contributed by atoms with E-state index in [4.69, 9.17) is 0 Å². The van der Waals surface area contributed by atoms with Gasteiger partial charge in [0.1, 0.15) is 11.9 Å². The van der Waals surface area contributed by atoms with Crippen LogP contribution in [0.25, 0.3) is 0 Å². The maximum atomic E-state index is 12.4. The predicted octanol–water partition coefficient (Wildman–Crippen LogP) is 2.18. The quantitative estimate of drug-likeness (QED) is 0.872. The molecular weight excluding hydrogens is 324 g/mol. The molecule has 0 saturated carbocycles. The number of nitrogens with zero attached hydrogens (tertiary/aromatic N) is 3. The minimum Gasteiger partial charge on any atom is -0.342 e. The summed E-state index contributed by atoms with van der Waals surface area (Å²) in [5, 5.41) is 3.11. The molecule has 1 saturated heterocycles. The highest BCUT2D eigenvalue weighted by Crippen LogP contribution is 2.21. The molecule has 126 valence electrons. The Morgan fingerprint density at radius 1 is 1.38 bits per heavy atom. The lowest BCUT2D eigenvalue weighted by Crippen LogP contribution is -2.34. The molecule has 1 aromatic heterocycles. The smallest absolute Gasteiger partial charge is 0.281 e. The Morgan fingerprint density at radius 2 is 2.17 bits per heavy atom. The fourth-order valence-corrected chi connectivity index (χ4v) is 3.55. The van der Waals surface area contributed by atoms with E-state index in [-0.39, 0.29) is 17.2 Å². The summed E-state index contributed by atoms with van der Waals surface area (Å²) in [4.78, 5) is 30.1. The molecule has 0 spiro atoms. The van der Waals surface area contributed by atoms with E-state index in [0.717, 1.165) is 23.7 Å². The second kappa shape index (κ2) is 7.53. The highest BCUT2D eigenvalue weighted by Gasteiger charge is 2.23. The predicted molar refractivity (Wildman–Crippen MR) is 93.7 cm³/mol. The topological polar surface area (TPSA) is 67.2 Å². The van der Waals surface area contributed by atoms with Crippen molar-refractivity contribution in [3.8, 4) is 0 Å². The van der Waals surface area contributed by atoms with Crippen molar-refractivity contribution in [1.29, 1.82) is 0 Å². The summed E-state index contributed by atoms with van der Waals surface area (Å²) in [5.41, 5.74) is 0.980. The lowest BCUT2D eigenvalue weighted by Gasteiger charge is -2.20. The Kier molecular flexibility index (Phi) is 5.20. The van der Waals surface area contributed by atoms with Crippen molar-refractivity contribution < 1.29 is 9.59 Å². The van der Waals surface area contributed by atoms with E-state index in [2.05, 4.69) is 10.3 Å². The van der Waals surface area contributed by atoms with Gasteiger partial charge in [0.2, 0.25) is 5.91 Å². The number of hydrogen-bond donors (Lipinski definition) is 1. The monoisotopic (exact) mass is 344 g/mol. The van der Waals surface area contributed by atoms with Crippen LogP contribution in [0.2, 0.25) is 0 Å². The fourth-order valence-electron chi connectivity index (χ4n) is 2.70. The van der Waals surface area contributed by atoms with Gasteiger partial charge in [0.05, 0.1) is 0 Å². The van der Waals surface area contributed by atoms with Crippen LogP contribution in [0.3, 0.4) is 0 Å². The number of hydrogen-bond acceptors (Lipinski definition) is 4. The highest BCUT2D eigenvalue weighted by molar-refractivity contribution is 8.13. The standard InChI is InChI=1S/C17H20N4O2S/c1-20-10-8-18-16(20)15(13-5-3-2-4-6-13)19-14(22)7-9-21-11-12-24-17(21)23/h2-6,8,10,15H,7,9,11-12H2,1H3,(H,19,22)/t15-/m0/s1. The molecule has 3 rings (SSSR count). The largest absolute Gasteiger partial charge is 0.342 e. The molecule has 1 aromatic carbocycles. The summed E-state index contributed by atoms with van der Waals surface area (Å²) in [6.07, 6.45) is 3.87. The number of amides is 2. The van der Waals surface area contributed by atoms with E-state index in [1.807, 2.05) is 48.1 Å². The van der Waals surface area contributed by atoms with Crippen LogP contribution in [0.5, 0.6) is 0 Å². The number of carbonyl (C=O) groups is 2. The average molecular weight is 344 g/mol. The Morgan fingerprint density at radius 3 is 2.79 bits per heavy atom. The summed E-state index contributed by atoms with van der Waals surface area (Å²) >= 11 is 1.31. The molecular formula is C17H20N4O2S. The molecule has 24 heavy (non-hydrogen) atoms. The highest BCUT2D eigenvalue weighted by atomic mass is 32.2. The second-order valence-electron chi connectivity index (χ2n) is 5.66. The van der Waals surface area contributed by atoms with Crippen molar-refractivity contribution >= 4 is 22.9 Å². The first-order valence-corrected chi connectivity index (χ1v) is 8.87. The second-order valence-corrected chi connectivity index (χ2v) is 6.71. The molecule has 7 heteroatoms. The Labute approximate surface area is 145 Å². The molecule has 1 aliphatic heterocycles. The van der Waals surface area contributed by atoms with Gasteiger partial charge < -0.3 is 14.8 Å². The van der Waals surface area contributed by atoms with Gasteiger partial charge in [0, 0.05) is 44.7 Å². The van der Waals surface area contributed by atoms with E-state index in [9.17, 15) is 9.59 Å². The zero-order valence-electron chi connectivity index (χ0n) is 13.5. The third-order valence-corrected chi connectivity index (χ3v) is 4.90. The molecule has 0 radical (unpaired) electrons. The van der Waals surface area contributed by atoms with E-state index < -0.39 is 0 Å². The van der Waals surface area contributed by atoms with Crippen LogP contribution in [0, 0.1) is 0 Å². The first-order chi connectivity index (χ1) is 11.6. The number of rotatable bonds is 6. The third-order valence-electron chi connectivity index (χ3n) is 4.01. The van der Waals surface area contributed by atoms with Crippen LogP contribution < -0.4 is 5.32 Å². The fraction of sp³-hybridized carbons (Fsp3) is 0.353. The molecule has 1 fully saturated rings. The van der Waals surface area contributed by atoms with Gasteiger partial charge in [-0.2, -0.15) is 0 Å². The summed E-state index contributed by atoms with van der Waals surface area (Å²) in [7, 11) is 1.91. The van der Waals surface area contributed by atoms with Gasteiger partial charge in [-0.05, 0) is 5.56 Å². The van der Waals surface area contributed by atoms with E-state index >= 15 is 0 Å². The molecule has 0 unspecified atom stereocenters. The summed E-state index contributed by atoms with van der Waals surface area (Å²) in [6, 6.07) is 9.47. The van der Waals surface area contributed by atoms with Crippen LogP contribution in [-0.2, 0) is 11.8 Å². The average Bonchev–Trinajstić information content (AvgIpc) is 3.20. The summed E-state index contributed by atoms with van der Waals surface area (Å²) in [6.45, 7) is 1.18. The van der Waals surface area contributed by atoms with E-state index in [1.165, 1.54) is 11.8 Å². The number of imidazole rings is 1. The molecule has 1 atom stereocenters. The molecule has 2 aromatic rings. The van der Waals surface area contributed by atoms with Gasteiger partial charge in [-0.1, -0.05) is 42.1 Å². The zero-order valence-corrected chi connectivity index (χ0v) is 14.3. The number of aryl methyl sites for hydroxylation is 1. The number of thioether (sulfide) groups is 1. The SMILES string of the molecule is Cn1ccnc1[C@@H](NC(=O)CCN1CCSC1=O)c1ccccc1. The molecule has 6 nitrogen and oxygen atoms in total. The first-order valence-electron chi connectivity index (χ1n) is 7.88. The summed E-state index contributed by atoms with van der Waals surface area (Å²) in [5.74, 6) is 1.50. The van der Waals surface area contributed by atoms with Gasteiger partial charge in [-0.25, -0.2) is 4.98 Å². The number of carbonyl (C=O) groups excluding carboxylic acids is 2. The number of benzene rings is 1. The molecule has 0 aliphatic carbocycles. The Bertz CT molecular complexity index is 716. The zero-order chi connectivity index (χ0) is 16.9.